The zero-order chi connectivity index (χ0) is 26.1. The van der Waals surface area contributed by atoms with E-state index in [9.17, 15) is 4.79 Å². The van der Waals surface area contributed by atoms with E-state index in [1.54, 1.807) is 0 Å². The van der Waals surface area contributed by atoms with E-state index in [2.05, 4.69) is 64.3 Å². The van der Waals surface area contributed by atoms with E-state index < -0.39 is 0 Å². The second-order valence-electron chi connectivity index (χ2n) is 10.6. The number of likely N-dealkylation sites (N-methyl/N-ethyl adjacent to an activating group) is 1. The van der Waals surface area contributed by atoms with Crippen LogP contribution in [0.2, 0.25) is 0 Å². The Labute approximate surface area is 220 Å². The average molecular weight is 497 g/mol. The fraction of sp³-hybridized carbons (Fsp3) is 0.594. The molecule has 0 aromatic heterocycles. The first-order valence-electron chi connectivity index (χ1n) is 14.2. The van der Waals surface area contributed by atoms with Gasteiger partial charge in [-0.2, -0.15) is 0 Å². The van der Waals surface area contributed by atoms with Gasteiger partial charge in [0.25, 0.3) is 0 Å². The lowest BCUT2D eigenvalue weighted by Gasteiger charge is -2.36. The number of hydrogen-bond donors (Lipinski definition) is 0. The third-order valence-electron chi connectivity index (χ3n) is 6.90. The summed E-state index contributed by atoms with van der Waals surface area (Å²) in [6.45, 7) is 6.13. The minimum absolute atomic E-state index is 0.104. The molecule has 0 saturated carbocycles. The van der Waals surface area contributed by atoms with Gasteiger partial charge in [-0.1, -0.05) is 94.8 Å². The smallest absolute Gasteiger partial charge is 0.364 e. The van der Waals surface area contributed by atoms with Crippen LogP contribution in [0.3, 0.4) is 0 Å². The summed E-state index contributed by atoms with van der Waals surface area (Å²) in [5.41, 5.74) is 2.61. The van der Waals surface area contributed by atoms with Crippen molar-refractivity contribution in [2.24, 2.45) is 0 Å². The predicted molar refractivity (Wildman–Crippen MR) is 150 cm³/mol. The summed E-state index contributed by atoms with van der Waals surface area (Å²) in [4.78, 5) is 12.9. The van der Waals surface area contributed by atoms with Gasteiger partial charge in [-0.25, -0.2) is 4.79 Å². The van der Waals surface area contributed by atoms with Crippen molar-refractivity contribution in [3.63, 3.8) is 0 Å². The van der Waals surface area contributed by atoms with Crippen LogP contribution >= 0.6 is 0 Å². The van der Waals surface area contributed by atoms with Gasteiger partial charge in [0.2, 0.25) is 0 Å². The van der Waals surface area contributed by atoms with Gasteiger partial charge in [0.1, 0.15) is 12.3 Å². The van der Waals surface area contributed by atoms with Crippen molar-refractivity contribution in [3.8, 4) is 5.75 Å². The molecule has 2 rings (SSSR count). The maximum Gasteiger partial charge on any atom is 0.364 e. The molecule has 1 unspecified atom stereocenters. The fourth-order valence-corrected chi connectivity index (χ4v) is 4.75. The fourth-order valence-electron chi connectivity index (χ4n) is 4.75. The predicted octanol–water partition coefficient (Wildman–Crippen LogP) is 7.74. The molecule has 0 heterocycles. The van der Waals surface area contributed by atoms with Gasteiger partial charge < -0.3 is 14.0 Å². The highest BCUT2D eigenvalue weighted by atomic mass is 16.5. The quantitative estimate of drug-likeness (QED) is 0.113. The number of aryl methyl sites for hydroxylation is 1. The van der Waals surface area contributed by atoms with Crippen LogP contribution in [-0.4, -0.2) is 43.8 Å². The Morgan fingerprint density at radius 3 is 2.08 bits per heavy atom. The topological polar surface area (TPSA) is 35.5 Å². The van der Waals surface area contributed by atoms with E-state index in [1.165, 1.54) is 56.1 Å². The molecule has 2 aromatic rings. The molecule has 0 radical (unpaired) electrons. The normalized spacial score (nSPS) is 12.3. The lowest BCUT2D eigenvalue weighted by molar-refractivity contribution is -0.920. The lowest BCUT2D eigenvalue weighted by Crippen LogP contribution is -2.52. The molecule has 200 valence electrons. The number of unbranched alkanes of at least 4 members (excludes halogenated alkanes) is 6. The first-order valence-corrected chi connectivity index (χ1v) is 14.2. The highest BCUT2D eigenvalue weighted by molar-refractivity contribution is 5.74. The minimum atomic E-state index is -0.167. The highest BCUT2D eigenvalue weighted by Crippen LogP contribution is 2.20. The number of hydrogen-bond acceptors (Lipinski definition) is 3. The maximum absolute atomic E-state index is 12.9. The molecular weight excluding hydrogens is 446 g/mol. The Morgan fingerprint density at radius 2 is 1.42 bits per heavy atom. The molecule has 0 fully saturated rings. The summed E-state index contributed by atoms with van der Waals surface area (Å²) in [6, 6.07) is 18.7. The number of rotatable bonds is 19. The zero-order valence-electron chi connectivity index (χ0n) is 23.3. The van der Waals surface area contributed by atoms with Gasteiger partial charge in [0.05, 0.1) is 27.3 Å². The summed E-state index contributed by atoms with van der Waals surface area (Å²) in [5, 5.41) is 0. The second kappa shape index (κ2) is 17.2. The summed E-state index contributed by atoms with van der Waals surface area (Å²) >= 11 is 0. The van der Waals surface area contributed by atoms with E-state index in [0.717, 1.165) is 31.6 Å². The Kier molecular flexibility index (Phi) is 14.3. The van der Waals surface area contributed by atoms with E-state index in [0.29, 0.717) is 24.1 Å². The van der Waals surface area contributed by atoms with Crippen molar-refractivity contribution in [2.75, 3.05) is 27.3 Å². The first kappa shape index (κ1) is 29.9. The van der Waals surface area contributed by atoms with E-state index in [1.807, 2.05) is 18.2 Å². The van der Waals surface area contributed by atoms with E-state index in [-0.39, 0.29) is 12.0 Å². The van der Waals surface area contributed by atoms with Crippen LogP contribution < -0.4 is 4.74 Å². The molecule has 1 atom stereocenters. The number of nitrogens with zero attached hydrogens (tertiary/aromatic N) is 1. The summed E-state index contributed by atoms with van der Waals surface area (Å²) in [6.07, 6.45) is 13.0. The molecule has 0 aliphatic rings. The molecule has 0 spiro atoms. The van der Waals surface area contributed by atoms with Crippen molar-refractivity contribution < 1.29 is 18.8 Å². The third-order valence-corrected chi connectivity index (χ3v) is 6.90. The molecule has 0 N–H and O–H groups in total. The van der Waals surface area contributed by atoms with Crippen LogP contribution in [0.4, 0.5) is 0 Å². The van der Waals surface area contributed by atoms with Gasteiger partial charge in [-0.05, 0) is 37.0 Å². The third kappa shape index (κ3) is 11.6. The molecule has 0 aliphatic carbocycles. The number of quaternary nitrogens is 1. The maximum atomic E-state index is 12.9. The largest absolute Gasteiger partial charge is 0.493 e. The van der Waals surface area contributed by atoms with Crippen molar-refractivity contribution >= 4 is 5.97 Å². The second-order valence-corrected chi connectivity index (χ2v) is 10.6. The molecule has 0 bridgehead atoms. The molecule has 36 heavy (non-hydrogen) atoms. The zero-order valence-corrected chi connectivity index (χ0v) is 23.3. The van der Waals surface area contributed by atoms with Crippen LogP contribution in [0.5, 0.6) is 5.75 Å². The summed E-state index contributed by atoms with van der Waals surface area (Å²) in [7, 11) is 4.24. The number of benzene rings is 2. The van der Waals surface area contributed by atoms with Gasteiger partial charge >= 0.3 is 5.97 Å². The molecule has 0 aliphatic heterocycles. The molecule has 0 saturated heterocycles. The van der Waals surface area contributed by atoms with Crippen LogP contribution in [0.1, 0.15) is 89.2 Å². The standard InChI is InChI=1S/C32H50NO3/c1-5-7-8-9-10-11-13-18-28-21-23-30(24-22-28)35-25-16-26-36-32(34)31(17-6-2)33(3,4)27-29-19-14-12-15-20-29/h12,14-15,19-24,31H,5-11,13,16-18,25-27H2,1-4H3/q+1. The van der Waals surface area contributed by atoms with Gasteiger partial charge in [0, 0.05) is 18.4 Å². The van der Waals surface area contributed by atoms with Crippen LogP contribution in [0.25, 0.3) is 0 Å². The average Bonchev–Trinajstić information content (AvgIpc) is 2.87. The minimum Gasteiger partial charge on any atom is -0.493 e. The highest BCUT2D eigenvalue weighted by Gasteiger charge is 2.35. The van der Waals surface area contributed by atoms with E-state index in [4.69, 9.17) is 9.47 Å². The van der Waals surface area contributed by atoms with Crippen molar-refractivity contribution in [1.29, 1.82) is 0 Å². The first-order chi connectivity index (χ1) is 17.5. The van der Waals surface area contributed by atoms with Crippen LogP contribution in [-0.2, 0) is 22.5 Å². The van der Waals surface area contributed by atoms with Gasteiger partial charge in [-0.15, -0.1) is 0 Å². The van der Waals surface area contributed by atoms with Gasteiger partial charge in [-0.3, -0.25) is 0 Å². The number of carbonyl (C=O) groups is 1. The SMILES string of the molecule is CCCCCCCCCc1ccc(OCCCOC(=O)C(CCC)[N+](C)(C)Cc2ccccc2)cc1. The van der Waals surface area contributed by atoms with Crippen molar-refractivity contribution in [2.45, 2.75) is 97.1 Å². The molecule has 2 aromatic carbocycles. The summed E-state index contributed by atoms with van der Waals surface area (Å²) < 4.78 is 12.2. The van der Waals surface area contributed by atoms with Gasteiger partial charge in [0.15, 0.2) is 6.04 Å². The Hall–Kier alpha value is -2.33. The molecular formula is C32H50NO3+. The van der Waals surface area contributed by atoms with E-state index >= 15 is 0 Å². The molecule has 4 heteroatoms. The Bertz CT molecular complexity index is 832. The Balaban J connectivity index is 1.66. The van der Waals surface area contributed by atoms with Crippen LogP contribution in [0.15, 0.2) is 54.6 Å². The molecule has 4 nitrogen and oxygen atoms in total. The molecule has 0 amide bonds. The van der Waals surface area contributed by atoms with Crippen molar-refractivity contribution in [1.82, 2.24) is 0 Å². The Morgan fingerprint density at radius 1 is 0.750 bits per heavy atom. The monoisotopic (exact) mass is 496 g/mol. The number of ether oxygens (including phenoxy) is 2. The van der Waals surface area contributed by atoms with Crippen molar-refractivity contribution in [3.05, 3.63) is 65.7 Å². The lowest BCUT2D eigenvalue weighted by atomic mass is 10.0. The summed E-state index contributed by atoms with van der Waals surface area (Å²) in [5.74, 6) is 0.779. The van der Waals surface area contributed by atoms with Crippen LogP contribution in [0, 0.1) is 0 Å². The number of carbonyl (C=O) groups excluding carboxylic acids is 1. The number of esters is 1.